The Morgan fingerprint density at radius 1 is 1.71 bits per heavy atom. The topological polar surface area (TPSA) is 68.0 Å². The van der Waals surface area contributed by atoms with Gasteiger partial charge in [-0.15, -0.1) is 0 Å². The lowest BCUT2D eigenvalue weighted by Crippen LogP contribution is -2.39. The molecule has 4 nitrogen and oxygen atoms in total. The minimum absolute atomic E-state index is 0.00231. The number of halogens is 1. The molecular weight excluding hydrogens is 258 g/mol. The zero-order valence-corrected chi connectivity index (χ0v) is 10.9. The number of aromatic nitrogens is 1. The molecule has 0 aliphatic carbocycles. The summed E-state index contributed by atoms with van der Waals surface area (Å²) in [5.41, 5.74) is 6.11. The second-order valence-corrected chi connectivity index (χ2v) is 5.53. The Morgan fingerprint density at radius 2 is 2.53 bits per heavy atom. The maximum absolute atomic E-state index is 12.1. The first-order valence-electron chi connectivity index (χ1n) is 5.42. The molecule has 1 aliphatic heterocycles. The van der Waals surface area contributed by atoms with Gasteiger partial charge in [0.1, 0.15) is 5.82 Å². The molecule has 1 saturated heterocycles. The summed E-state index contributed by atoms with van der Waals surface area (Å²) in [5, 5.41) is 3.76. The molecule has 1 fully saturated rings. The van der Waals surface area contributed by atoms with Crippen LogP contribution in [0.25, 0.3) is 0 Å². The standard InChI is InChI=1S/C11H14ClN3OS/c12-7-3-9(11(13)15-5-7)10(16)4-8-6-17-2-1-14-8/h3,5,8,14H,1-2,4,6H2,(H2,13,15). The van der Waals surface area contributed by atoms with E-state index in [-0.39, 0.29) is 17.6 Å². The van der Waals surface area contributed by atoms with Crippen LogP contribution in [-0.4, -0.2) is 34.9 Å². The summed E-state index contributed by atoms with van der Waals surface area (Å²) in [6.07, 6.45) is 1.89. The van der Waals surface area contributed by atoms with Crippen LogP contribution in [0.2, 0.25) is 5.02 Å². The van der Waals surface area contributed by atoms with Gasteiger partial charge < -0.3 is 11.1 Å². The number of nitrogens with two attached hydrogens (primary N) is 1. The summed E-state index contributed by atoms with van der Waals surface area (Å²) in [6, 6.07) is 1.81. The molecule has 0 aromatic carbocycles. The van der Waals surface area contributed by atoms with Crippen LogP contribution < -0.4 is 11.1 Å². The van der Waals surface area contributed by atoms with E-state index in [2.05, 4.69) is 10.3 Å². The average Bonchev–Trinajstić information content (AvgIpc) is 2.33. The van der Waals surface area contributed by atoms with E-state index >= 15 is 0 Å². The van der Waals surface area contributed by atoms with Gasteiger partial charge in [-0.1, -0.05) is 11.6 Å². The molecule has 3 N–H and O–H groups in total. The summed E-state index contributed by atoms with van der Waals surface area (Å²) in [4.78, 5) is 16.0. The molecular formula is C11H14ClN3OS. The van der Waals surface area contributed by atoms with E-state index in [0.717, 1.165) is 18.1 Å². The van der Waals surface area contributed by atoms with Crippen LogP contribution in [0.5, 0.6) is 0 Å². The summed E-state index contributed by atoms with van der Waals surface area (Å²) >= 11 is 7.67. The largest absolute Gasteiger partial charge is 0.383 e. The van der Waals surface area contributed by atoms with Crippen LogP contribution in [0.15, 0.2) is 12.3 Å². The predicted octanol–water partition coefficient (Wildman–Crippen LogP) is 1.59. The van der Waals surface area contributed by atoms with Crippen LogP contribution in [0, 0.1) is 0 Å². The van der Waals surface area contributed by atoms with Gasteiger partial charge in [-0.2, -0.15) is 11.8 Å². The predicted molar refractivity (Wildman–Crippen MR) is 71.7 cm³/mol. The number of nitrogens with zero attached hydrogens (tertiary/aromatic N) is 1. The SMILES string of the molecule is Nc1ncc(Cl)cc1C(=O)CC1CSCCN1. The molecule has 1 aromatic heterocycles. The smallest absolute Gasteiger partial charge is 0.168 e. The van der Waals surface area contributed by atoms with Crippen molar-refractivity contribution >= 4 is 35.0 Å². The average molecular weight is 272 g/mol. The van der Waals surface area contributed by atoms with Gasteiger partial charge in [-0.05, 0) is 6.07 Å². The molecule has 0 amide bonds. The fourth-order valence-electron chi connectivity index (χ4n) is 1.76. The lowest BCUT2D eigenvalue weighted by atomic mass is 10.1. The second-order valence-electron chi connectivity index (χ2n) is 3.94. The Labute approximate surface area is 109 Å². The van der Waals surface area contributed by atoms with Crippen molar-refractivity contribution in [1.82, 2.24) is 10.3 Å². The van der Waals surface area contributed by atoms with Crippen molar-refractivity contribution in [3.63, 3.8) is 0 Å². The van der Waals surface area contributed by atoms with E-state index in [9.17, 15) is 4.79 Å². The monoisotopic (exact) mass is 271 g/mol. The highest BCUT2D eigenvalue weighted by molar-refractivity contribution is 7.99. The van der Waals surface area contributed by atoms with Gasteiger partial charge in [-0.3, -0.25) is 4.79 Å². The summed E-state index contributed by atoms with van der Waals surface area (Å²) < 4.78 is 0. The molecule has 1 aliphatic rings. The van der Waals surface area contributed by atoms with Crippen molar-refractivity contribution in [2.24, 2.45) is 0 Å². The van der Waals surface area contributed by atoms with Gasteiger partial charge in [0.15, 0.2) is 5.78 Å². The molecule has 0 saturated carbocycles. The van der Waals surface area contributed by atoms with Crippen LogP contribution in [-0.2, 0) is 0 Å². The molecule has 0 bridgehead atoms. The van der Waals surface area contributed by atoms with E-state index in [1.54, 1.807) is 6.07 Å². The number of ketones is 1. The lowest BCUT2D eigenvalue weighted by molar-refractivity contribution is 0.0972. The van der Waals surface area contributed by atoms with Crippen LogP contribution in [0.4, 0.5) is 5.82 Å². The molecule has 2 heterocycles. The second kappa shape index (κ2) is 5.71. The van der Waals surface area contributed by atoms with E-state index in [1.807, 2.05) is 11.8 Å². The number of Topliss-reactive ketones (excluding diaryl/α,β-unsaturated/α-hetero) is 1. The molecule has 1 atom stereocenters. The van der Waals surface area contributed by atoms with Gasteiger partial charge in [-0.25, -0.2) is 4.98 Å². The fraction of sp³-hybridized carbons (Fsp3) is 0.455. The maximum atomic E-state index is 12.1. The van der Waals surface area contributed by atoms with Gasteiger partial charge in [0.25, 0.3) is 0 Å². The summed E-state index contributed by atoms with van der Waals surface area (Å²) in [6.45, 7) is 0.950. The highest BCUT2D eigenvalue weighted by Crippen LogP contribution is 2.19. The molecule has 0 radical (unpaired) electrons. The number of nitrogen functional groups attached to an aromatic ring is 1. The lowest BCUT2D eigenvalue weighted by Gasteiger charge is -2.22. The van der Waals surface area contributed by atoms with Crippen molar-refractivity contribution in [1.29, 1.82) is 0 Å². The van der Waals surface area contributed by atoms with Gasteiger partial charge >= 0.3 is 0 Å². The molecule has 6 heteroatoms. The molecule has 17 heavy (non-hydrogen) atoms. The van der Waals surface area contributed by atoms with Crippen molar-refractivity contribution in [2.45, 2.75) is 12.5 Å². The van der Waals surface area contributed by atoms with E-state index in [0.29, 0.717) is 17.0 Å². The van der Waals surface area contributed by atoms with Crippen molar-refractivity contribution < 1.29 is 4.79 Å². The van der Waals surface area contributed by atoms with E-state index in [4.69, 9.17) is 17.3 Å². The van der Waals surface area contributed by atoms with Crippen molar-refractivity contribution in [3.8, 4) is 0 Å². The van der Waals surface area contributed by atoms with Crippen LogP contribution >= 0.6 is 23.4 Å². The Bertz CT molecular complexity index is 421. The number of carbonyl (C=O) groups is 1. The normalized spacial score (nSPS) is 20.2. The minimum Gasteiger partial charge on any atom is -0.383 e. The zero-order chi connectivity index (χ0) is 12.3. The summed E-state index contributed by atoms with van der Waals surface area (Å²) in [5.74, 6) is 2.31. The van der Waals surface area contributed by atoms with Crippen molar-refractivity contribution in [2.75, 3.05) is 23.8 Å². The molecule has 1 unspecified atom stereocenters. The first-order chi connectivity index (χ1) is 8.16. The first kappa shape index (κ1) is 12.7. The van der Waals surface area contributed by atoms with Crippen LogP contribution in [0.1, 0.15) is 16.8 Å². The summed E-state index contributed by atoms with van der Waals surface area (Å²) in [7, 11) is 0. The molecule has 0 spiro atoms. The molecule has 92 valence electrons. The van der Waals surface area contributed by atoms with Crippen LogP contribution in [0.3, 0.4) is 0 Å². The third kappa shape index (κ3) is 3.34. The number of carbonyl (C=O) groups excluding carboxylic acids is 1. The first-order valence-corrected chi connectivity index (χ1v) is 6.95. The number of pyridine rings is 1. The number of nitrogens with one attached hydrogen (secondary N) is 1. The Hall–Kier alpha value is -0.780. The number of anilines is 1. The number of hydrogen-bond donors (Lipinski definition) is 2. The third-order valence-corrected chi connectivity index (χ3v) is 3.95. The fourth-order valence-corrected chi connectivity index (χ4v) is 2.86. The number of rotatable bonds is 3. The van der Waals surface area contributed by atoms with E-state index < -0.39 is 0 Å². The Morgan fingerprint density at radius 3 is 3.24 bits per heavy atom. The molecule has 2 rings (SSSR count). The van der Waals surface area contributed by atoms with Crippen molar-refractivity contribution in [3.05, 3.63) is 22.8 Å². The minimum atomic E-state index is -0.00231. The maximum Gasteiger partial charge on any atom is 0.168 e. The highest BCUT2D eigenvalue weighted by atomic mass is 35.5. The third-order valence-electron chi connectivity index (χ3n) is 2.62. The highest BCUT2D eigenvalue weighted by Gasteiger charge is 2.19. The van der Waals surface area contributed by atoms with Gasteiger partial charge in [0, 0.05) is 36.7 Å². The van der Waals surface area contributed by atoms with E-state index in [1.165, 1.54) is 6.20 Å². The van der Waals surface area contributed by atoms with Gasteiger partial charge in [0.05, 0.1) is 10.6 Å². The Kier molecular flexibility index (Phi) is 4.25. The quantitative estimate of drug-likeness (QED) is 0.818. The Balaban J connectivity index is 2.05. The molecule has 1 aromatic rings. The number of thioether (sulfide) groups is 1. The zero-order valence-electron chi connectivity index (χ0n) is 9.28. The number of hydrogen-bond acceptors (Lipinski definition) is 5. The van der Waals surface area contributed by atoms with Gasteiger partial charge in [0.2, 0.25) is 0 Å².